The van der Waals surface area contributed by atoms with Crippen LogP contribution in [0.5, 0.6) is 0 Å². The van der Waals surface area contributed by atoms with Crippen LogP contribution < -0.4 is 15.9 Å². The van der Waals surface area contributed by atoms with Gasteiger partial charge in [-0.15, -0.1) is 14.0 Å². The van der Waals surface area contributed by atoms with E-state index in [0.717, 1.165) is 7.96 Å². The summed E-state index contributed by atoms with van der Waals surface area (Å²) in [5, 5.41) is 4.36. The van der Waals surface area contributed by atoms with Gasteiger partial charge in [-0.05, 0) is 36.4 Å². The molecular weight excluding hydrogens is 423 g/mol. The minimum Gasteiger partial charge on any atom is -0.150 e. The van der Waals surface area contributed by atoms with E-state index in [1.165, 1.54) is 15.9 Å². The van der Waals surface area contributed by atoms with Crippen molar-refractivity contribution in [1.29, 1.82) is 0 Å². The monoisotopic (exact) mass is 457 g/mol. The molecule has 0 fully saturated rings. The van der Waals surface area contributed by atoms with Crippen molar-refractivity contribution in [3.8, 4) is 0 Å². The lowest BCUT2D eigenvalue weighted by atomic mass is 10.4. The van der Waals surface area contributed by atoms with Crippen LogP contribution in [0.4, 0.5) is 0 Å². The number of rotatable bonds is 8. The van der Waals surface area contributed by atoms with Crippen molar-refractivity contribution >= 4 is 38.2 Å². The molecule has 158 valence electrons. The summed E-state index contributed by atoms with van der Waals surface area (Å²) < 4.78 is 7.44. The number of benzene rings is 3. The quantitative estimate of drug-likeness (QED) is 0.444. The Morgan fingerprint density at radius 2 is 0.733 bits per heavy atom. The van der Waals surface area contributed by atoms with E-state index in [2.05, 4.69) is 147 Å². The van der Waals surface area contributed by atoms with E-state index in [0.29, 0.717) is 0 Å². The third-order valence-corrected chi connectivity index (χ3v) is 25.3. The molecular formula is C24H34N3P3+2. The van der Waals surface area contributed by atoms with Crippen LogP contribution in [0.3, 0.4) is 0 Å². The normalized spacial score (nSPS) is 13.1. The highest BCUT2D eigenvalue weighted by atomic mass is 32.5. The van der Waals surface area contributed by atoms with Crippen LogP contribution in [-0.4, -0.2) is 56.3 Å². The SMILES string of the molecule is CN(C)[P+](P[P+](c1ccccc1)(c1ccccc1)c1ccccc1)(N(C)C)N(C)C. The first-order chi connectivity index (χ1) is 14.4. The molecule has 0 aliphatic carbocycles. The molecule has 0 aliphatic rings. The summed E-state index contributed by atoms with van der Waals surface area (Å²) >= 11 is 0. The highest BCUT2D eigenvalue weighted by molar-refractivity contribution is 8.66. The topological polar surface area (TPSA) is 9.72 Å². The maximum absolute atomic E-state index is 2.48. The molecule has 0 heterocycles. The van der Waals surface area contributed by atoms with Crippen LogP contribution >= 0.6 is 22.3 Å². The van der Waals surface area contributed by atoms with Gasteiger partial charge in [-0.3, -0.25) is 0 Å². The highest BCUT2D eigenvalue weighted by Crippen LogP contribution is 2.93. The molecule has 30 heavy (non-hydrogen) atoms. The van der Waals surface area contributed by atoms with Gasteiger partial charge in [0.1, 0.15) is 15.9 Å². The van der Waals surface area contributed by atoms with Crippen molar-refractivity contribution in [2.45, 2.75) is 0 Å². The summed E-state index contributed by atoms with van der Waals surface area (Å²) in [7, 11) is 12.5. The predicted molar refractivity (Wildman–Crippen MR) is 141 cm³/mol. The smallest absolute Gasteiger partial charge is 0.150 e. The Bertz CT molecular complexity index is 798. The minimum atomic E-state index is -1.88. The molecule has 0 radical (unpaired) electrons. The number of hydrogen-bond donors (Lipinski definition) is 0. The van der Waals surface area contributed by atoms with Crippen LogP contribution in [-0.2, 0) is 0 Å². The molecule has 3 rings (SSSR count). The third kappa shape index (κ3) is 4.26. The van der Waals surface area contributed by atoms with Gasteiger partial charge in [-0.1, -0.05) is 54.6 Å². The molecule has 1 unspecified atom stereocenters. The third-order valence-electron chi connectivity index (χ3n) is 5.39. The second kappa shape index (κ2) is 9.97. The molecule has 6 heteroatoms. The predicted octanol–water partition coefficient (Wildman–Crippen LogP) is 4.94. The Hall–Kier alpha value is -1.17. The van der Waals surface area contributed by atoms with E-state index >= 15 is 0 Å². The lowest BCUT2D eigenvalue weighted by molar-refractivity contribution is 0.482. The molecule has 0 bridgehead atoms. The number of nitrogens with zero attached hydrogens (tertiary/aromatic N) is 3. The summed E-state index contributed by atoms with van der Waals surface area (Å²) in [4.78, 5) is 0. The van der Waals surface area contributed by atoms with E-state index in [-0.39, 0.29) is 0 Å². The van der Waals surface area contributed by atoms with Gasteiger partial charge < -0.3 is 0 Å². The van der Waals surface area contributed by atoms with Gasteiger partial charge in [0.25, 0.3) is 15.4 Å². The molecule has 3 aromatic rings. The van der Waals surface area contributed by atoms with Crippen molar-refractivity contribution in [2.75, 3.05) is 42.3 Å². The molecule has 0 saturated heterocycles. The van der Waals surface area contributed by atoms with Crippen molar-refractivity contribution in [2.24, 2.45) is 0 Å². The zero-order valence-corrected chi connectivity index (χ0v) is 21.7. The zero-order valence-electron chi connectivity index (χ0n) is 18.9. The second-order valence-electron chi connectivity index (χ2n) is 7.89. The van der Waals surface area contributed by atoms with Gasteiger partial charge in [-0.2, -0.15) is 0 Å². The minimum absolute atomic E-state index is 0.728. The summed E-state index contributed by atoms with van der Waals surface area (Å²) in [5.41, 5.74) is 0. The molecule has 3 nitrogen and oxygen atoms in total. The Morgan fingerprint density at radius 3 is 0.967 bits per heavy atom. The highest BCUT2D eigenvalue weighted by Gasteiger charge is 2.62. The Kier molecular flexibility index (Phi) is 7.81. The molecule has 1 atom stereocenters. The average molecular weight is 457 g/mol. The maximum Gasteiger partial charge on any atom is 0.282 e. The first-order valence-electron chi connectivity index (χ1n) is 10.1. The fourth-order valence-electron chi connectivity index (χ4n) is 4.12. The van der Waals surface area contributed by atoms with E-state index < -0.39 is 14.4 Å². The molecule has 0 aliphatic heterocycles. The van der Waals surface area contributed by atoms with Gasteiger partial charge >= 0.3 is 0 Å². The molecule has 0 saturated carbocycles. The van der Waals surface area contributed by atoms with E-state index in [1.54, 1.807) is 0 Å². The van der Waals surface area contributed by atoms with Crippen molar-refractivity contribution < 1.29 is 0 Å². The van der Waals surface area contributed by atoms with Crippen LogP contribution in [0.15, 0.2) is 91.0 Å². The zero-order chi connectivity index (χ0) is 21.8. The maximum atomic E-state index is 2.48. The number of hydrogen-bond acceptors (Lipinski definition) is 3. The standard InChI is InChI=1S/C24H34N3P3/c1-25(2)30(26(3)4,27(5)6)28-29(22-16-10-7-11-17-22,23-18-12-8-13-19-23)24-20-14-9-15-21-24/h7-21,28H,1-6H3/q+2. The molecule has 3 aromatic carbocycles. The lowest BCUT2D eigenvalue weighted by Crippen LogP contribution is -2.36. The lowest BCUT2D eigenvalue weighted by Gasteiger charge is -2.41. The largest absolute Gasteiger partial charge is 0.282 e. The summed E-state index contributed by atoms with van der Waals surface area (Å²) in [6.07, 6.45) is 0. The van der Waals surface area contributed by atoms with Gasteiger partial charge in [0.05, 0.1) is 0 Å². The van der Waals surface area contributed by atoms with E-state index in [9.17, 15) is 0 Å². The Labute approximate surface area is 185 Å². The molecule has 0 N–H and O–H groups in total. The Balaban J connectivity index is 2.40. The van der Waals surface area contributed by atoms with E-state index in [1.807, 2.05) is 0 Å². The van der Waals surface area contributed by atoms with Crippen molar-refractivity contribution in [1.82, 2.24) is 14.0 Å². The Morgan fingerprint density at radius 1 is 0.467 bits per heavy atom. The fourth-order valence-corrected chi connectivity index (χ4v) is 27.1. The van der Waals surface area contributed by atoms with Crippen molar-refractivity contribution in [3.05, 3.63) is 91.0 Å². The van der Waals surface area contributed by atoms with Crippen LogP contribution in [0.2, 0.25) is 0 Å². The first-order valence-corrected chi connectivity index (χ1v) is 16.3. The van der Waals surface area contributed by atoms with Crippen LogP contribution in [0.25, 0.3) is 0 Å². The fraction of sp³-hybridized carbons (Fsp3) is 0.250. The summed E-state index contributed by atoms with van der Waals surface area (Å²) in [6.45, 7) is -1.88. The van der Waals surface area contributed by atoms with Gasteiger partial charge in [0, 0.05) is 42.3 Å². The van der Waals surface area contributed by atoms with Crippen molar-refractivity contribution in [3.63, 3.8) is 0 Å². The van der Waals surface area contributed by atoms with Gasteiger partial charge in [-0.25, -0.2) is 0 Å². The summed E-state index contributed by atoms with van der Waals surface area (Å²) in [5.74, 6) is 0. The second-order valence-corrected chi connectivity index (χ2v) is 20.7. The molecule has 0 aromatic heterocycles. The van der Waals surface area contributed by atoms with Crippen LogP contribution in [0, 0.1) is 0 Å². The van der Waals surface area contributed by atoms with Crippen LogP contribution in [0.1, 0.15) is 0 Å². The molecule has 0 amide bonds. The average Bonchev–Trinajstić information content (AvgIpc) is 2.76. The molecule has 0 spiro atoms. The van der Waals surface area contributed by atoms with Gasteiger partial charge in [0.15, 0.2) is 6.95 Å². The first kappa shape index (κ1) is 23.5. The van der Waals surface area contributed by atoms with Gasteiger partial charge in [0.2, 0.25) is 0 Å². The summed E-state index contributed by atoms with van der Waals surface area (Å²) in [6, 6.07) is 33.6. The van der Waals surface area contributed by atoms with E-state index in [4.69, 9.17) is 0 Å².